The molecule has 46 heteroatoms. The smallest absolute Gasteiger partial charge is 0.459 e. The maximum Gasteiger partial charge on any atom is 0.459 e. The summed E-state index contributed by atoms with van der Waals surface area (Å²) >= 11 is 0. The van der Waals surface area contributed by atoms with Gasteiger partial charge in [0.15, 0.2) is 64.6 Å². The molecular formula is C85H107F5N13O25P3. The largest absolute Gasteiger partial charge is 0.476 e. The number of hydrogen-bond donors (Lipinski definition) is 8. The molecule has 131 heavy (non-hydrogen) atoms. The van der Waals surface area contributed by atoms with E-state index < -0.39 is 169 Å². The van der Waals surface area contributed by atoms with E-state index in [2.05, 4.69) is 57.1 Å². The van der Waals surface area contributed by atoms with Crippen molar-refractivity contribution in [3.05, 3.63) is 164 Å². The quantitative estimate of drug-likeness (QED) is 0.00782. The van der Waals surface area contributed by atoms with E-state index in [1.807, 2.05) is 13.8 Å². The first-order valence-corrected chi connectivity index (χ1v) is 46.3. The normalized spacial score (nSPS) is 26.3. The van der Waals surface area contributed by atoms with Gasteiger partial charge in [0.25, 0.3) is 23.5 Å². The molecule has 4 aliphatic heterocycles. The van der Waals surface area contributed by atoms with Crippen LogP contribution in [0.2, 0.25) is 0 Å². The van der Waals surface area contributed by atoms with Crippen LogP contribution in [0.5, 0.6) is 29.0 Å². The molecule has 1 amide bonds. The number of carbonyl (C=O) groups is 4. The van der Waals surface area contributed by atoms with Crippen LogP contribution in [0.3, 0.4) is 0 Å². The molecule has 0 spiro atoms. The predicted octanol–water partition coefficient (Wildman–Crippen LogP) is 12.5. The van der Waals surface area contributed by atoms with Gasteiger partial charge in [0.05, 0.1) is 44.7 Å². The third-order valence-corrected chi connectivity index (χ3v) is 25.4. The molecule has 3 fully saturated rings. The summed E-state index contributed by atoms with van der Waals surface area (Å²) in [5.74, 6) is -11.3. The zero-order chi connectivity index (χ0) is 95.9. The van der Waals surface area contributed by atoms with Crippen LogP contribution in [-0.2, 0) is 74.9 Å². The number of ether oxygens (including phenoxy) is 8. The van der Waals surface area contributed by atoms with Crippen molar-refractivity contribution in [1.29, 1.82) is 0 Å². The number of benzene rings is 5. The molecule has 0 bridgehead atoms. The van der Waals surface area contributed by atoms with Gasteiger partial charge in [0.1, 0.15) is 84.4 Å². The fraction of sp³-hybridized carbons (Fsp3) is 0.482. The Kier molecular flexibility index (Phi) is 31.7. The number of nitrogens with one attached hydrogen (secondary N) is 4. The van der Waals surface area contributed by atoms with Crippen molar-refractivity contribution in [2.45, 2.75) is 219 Å². The number of aromatic nitrogens is 8. The fourth-order valence-electron chi connectivity index (χ4n) is 14.0. The molecule has 8 N–H and O–H groups in total. The van der Waals surface area contributed by atoms with Gasteiger partial charge in [-0.05, 0) is 137 Å². The van der Waals surface area contributed by atoms with Crippen LogP contribution in [-0.4, -0.2) is 217 Å². The number of para-hydroxylation sites is 1. The standard InChI is InChI=1S/C31H38F2N5O8P.C30H36F2N5O8P.C24H33FN3O9P/c1-7-42-26-24-25(35-20(5)36-26)38(17-34-24)29-30(6,32)28(40)31(33,45-29)16-44-47(41,37-19(4)27(39)43-15-18(2)3)46-23-14-10-12-21-11-8-9-13-22(21)23;1-7-41-25-23-24(34-19(5)35-25)37(16-33-23)28-29(6,31)27(39)30(32,44-28)15-42-46(40,36-18(4)26(38)43-17(2)3)45-22-14-10-12-20-11-8-9-13-21(20)22;1-6-23(32)21(31)24(25,36-22(23)28-13-12-19(29)26-17(28)5)14-34-38(33,37-18-10-8-7-9-11-18)27-16(4)20(30)35-15(2)3/h8-14,17-19,28-29,40H,7,15-16H2,1-6H3,(H,37,41);8-14,16-18,27-28,39H,7,15H2,1-6H3,(H,36,40);7-13,15-16,21-22,31-32H,5-6,14H2,1-4H3,(H,26,29)(H,27,33)/t19?,28-,29+,30+,31+,47?;18?,27-,28+,29+,30+,46?;16?,21-,22+,23+,24+,38?/m000/s1. The highest BCUT2D eigenvalue weighted by Crippen LogP contribution is 2.57. The van der Waals surface area contributed by atoms with Gasteiger partial charge in [-0.1, -0.05) is 118 Å². The monoisotopic (exact) mass is 1900 g/mol. The summed E-state index contributed by atoms with van der Waals surface area (Å²) in [4.78, 5) is 75.8. The van der Waals surface area contributed by atoms with Gasteiger partial charge in [0, 0.05) is 23.0 Å². The molecule has 4 aromatic heterocycles. The number of nitrogens with zero attached hydrogens (tertiary/aromatic N) is 9. The Balaban J connectivity index is 0.000000191. The molecule has 3 saturated heterocycles. The number of imidazole rings is 2. The van der Waals surface area contributed by atoms with Crippen molar-refractivity contribution >= 4 is 90.9 Å². The van der Waals surface area contributed by atoms with E-state index in [1.54, 1.807) is 146 Å². The first kappa shape index (κ1) is 101. The highest BCUT2D eigenvalue weighted by molar-refractivity contribution is 7.52. The summed E-state index contributed by atoms with van der Waals surface area (Å²) in [6.45, 7) is 25.0. The van der Waals surface area contributed by atoms with Crippen LogP contribution >= 0.6 is 23.2 Å². The molecule has 18 atom stereocenters. The number of hydrogen-bond acceptors (Lipinski definition) is 32. The minimum atomic E-state index is -4.67. The number of esters is 3. The molecular weight excluding hydrogens is 1790 g/mol. The summed E-state index contributed by atoms with van der Waals surface area (Å²) in [6, 6.07) is 28.2. The van der Waals surface area contributed by atoms with Crippen molar-refractivity contribution in [3.8, 4) is 29.0 Å². The first-order valence-electron chi connectivity index (χ1n) is 41.7. The number of aryl methyl sites for hydroxylation is 2. The average Bonchev–Trinajstić information content (AvgIpc) is 1.58. The van der Waals surface area contributed by atoms with Crippen LogP contribution < -0.4 is 43.6 Å². The van der Waals surface area contributed by atoms with Gasteiger partial charge < -0.3 is 82.1 Å². The molecule has 8 heterocycles. The zero-order valence-electron chi connectivity index (χ0n) is 74.5. The number of carbonyl (C=O) groups excluding carboxylic acids is 4. The van der Waals surface area contributed by atoms with E-state index in [1.165, 1.54) is 70.8 Å². The molecule has 5 aromatic carbocycles. The lowest BCUT2D eigenvalue weighted by Crippen LogP contribution is -2.56. The van der Waals surface area contributed by atoms with Gasteiger partial charge in [0.2, 0.25) is 11.8 Å². The lowest BCUT2D eigenvalue weighted by Gasteiger charge is -2.38. The molecule has 0 aliphatic carbocycles. The molecule has 6 unspecified atom stereocenters. The van der Waals surface area contributed by atoms with Crippen molar-refractivity contribution in [2.75, 3.05) is 39.6 Å². The van der Waals surface area contributed by atoms with Crippen LogP contribution in [0.15, 0.2) is 153 Å². The van der Waals surface area contributed by atoms with Crippen molar-refractivity contribution in [1.82, 2.24) is 64.5 Å². The second-order valence-corrected chi connectivity index (χ2v) is 37.4. The Labute approximate surface area is 750 Å². The molecule has 0 saturated carbocycles. The Morgan fingerprint density at radius 2 is 0.931 bits per heavy atom. The van der Waals surface area contributed by atoms with Crippen molar-refractivity contribution < 1.29 is 140 Å². The summed E-state index contributed by atoms with van der Waals surface area (Å²) < 4.78 is 203. The number of fused-ring (bicyclic) bond motifs is 4. The Bertz CT molecular complexity index is 5780. The number of aliphatic hydroxyl groups is 4. The van der Waals surface area contributed by atoms with Gasteiger partial charge in [-0.25, -0.2) is 55.6 Å². The molecule has 9 aromatic rings. The van der Waals surface area contributed by atoms with Crippen LogP contribution in [0.1, 0.15) is 127 Å². The van der Waals surface area contributed by atoms with Crippen LogP contribution in [0.4, 0.5) is 22.0 Å². The molecule has 13 rings (SSSR count). The third kappa shape index (κ3) is 23.0. The van der Waals surface area contributed by atoms with Gasteiger partial charge in [-0.2, -0.15) is 25.2 Å². The Morgan fingerprint density at radius 3 is 1.34 bits per heavy atom. The lowest BCUT2D eigenvalue weighted by atomic mass is 9.90. The minimum absolute atomic E-state index is 0.0241. The summed E-state index contributed by atoms with van der Waals surface area (Å²) in [5.41, 5.74) is -7.22. The zero-order valence-corrected chi connectivity index (χ0v) is 77.2. The van der Waals surface area contributed by atoms with E-state index >= 15 is 22.0 Å². The van der Waals surface area contributed by atoms with Gasteiger partial charge >= 0.3 is 41.1 Å². The minimum Gasteiger partial charge on any atom is -0.476 e. The number of rotatable bonds is 36. The number of alkyl halides is 5. The van der Waals surface area contributed by atoms with E-state index in [9.17, 15) is 53.3 Å². The Hall–Kier alpha value is -10.3. The van der Waals surface area contributed by atoms with Crippen molar-refractivity contribution in [2.24, 2.45) is 5.92 Å². The second kappa shape index (κ2) is 41.0. The number of halogens is 5. The SMILES string of the molecule is C=C1NC(=O)C=CN1[C@@H]1O[C@](F)(COP(=O)(NC(C)C(=O)OC(C)C)Oc2ccccc2)[C@@H](O)[C@]1(O)CC.CCOc1nc(C)nc2c1ncn2[C@@H]1O[C@](F)(COP(=O)(NC(C)C(=O)OC(C)C)Oc2cccc3ccccc23)[C@@H](O)[C@@]1(C)F.CCOc1nc(C)nc2c1ncn2[C@@H]1O[C@](F)(COP(=O)(NC(C)C(=O)OCC(C)C)Oc2cccc3ccccc23)[C@@H](O)[C@@]1(C)F. The second-order valence-electron chi connectivity index (χ2n) is 32.4. The maximum absolute atomic E-state index is 16.5. The topological polar surface area (TPSA) is 468 Å². The highest BCUT2D eigenvalue weighted by atomic mass is 31.2. The summed E-state index contributed by atoms with van der Waals surface area (Å²) in [7, 11) is -13.8. The maximum atomic E-state index is 16.5. The van der Waals surface area contributed by atoms with E-state index in [4.69, 9.17) is 65.0 Å². The number of amides is 1. The first-order chi connectivity index (χ1) is 61.6. The van der Waals surface area contributed by atoms with Crippen LogP contribution in [0.25, 0.3) is 43.9 Å². The Morgan fingerprint density at radius 1 is 0.542 bits per heavy atom. The van der Waals surface area contributed by atoms with Gasteiger partial charge in [-0.3, -0.25) is 41.9 Å². The van der Waals surface area contributed by atoms with E-state index in [-0.39, 0.29) is 101 Å². The summed E-state index contributed by atoms with van der Waals surface area (Å²) in [5, 5.41) is 56.3. The molecule has 0 radical (unpaired) electrons. The molecule has 712 valence electrons. The fourth-order valence-corrected chi connectivity index (χ4v) is 18.6. The van der Waals surface area contributed by atoms with Crippen LogP contribution in [0, 0.1) is 19.8 Å². The highest BCUT2D eigenvalue weighted by Gasteiger charge is 2.69. The number of aliphatic hydroxyl groups excluding tert-OH is 3. The summed E-state index contributed by atoms with van der Waals surface area (Å²) in [6.07, 6.45) is -8.63. The van der Waals surface area contributed by atoms with Gasteiger partial charge in [-0.15, -0.1) is 0 Å². The molecule has 38 nitrogen and oxygen atoms in total. The van der Waals surface area contributed by atoms with E-state index in [0.29, 0.717) is 10.8 Å². The van der Waals surface area contributed by atoms with E-state index in [0.717, 1.165) is 44.7 Å². The average molecular weight is 1900 g/mol. The lowest BCUT2D eigenvalue weighted by molar-refractivity contribution is -0.206. The van der Waals surface area contributed by atoms with Crippen molar-refractivity contribution in [3.63, 3.8) is 0 Å². The molecule has 4 aliphatic rings. The predicted molar refractivity (Wildman–Crippen MR) is 463 cm³/mol. The third-order valence-electron chi connectivity index (χ3n) is 20.5.